The summed E-state index contributed by atoms with van der Waals surface area (Å²) in [6, 6.07) is 6.96. The van der Waals surface area contributed by atoms with Gasteiger partial charge in [0, 0.05) is 13.1 Å². The van der Waals surface area contributed by atoms with Gasteiger partial charge < -0.3 is 15.4 Å². The monoisotopic (exact) mass is 276 g/mol. The van der Waals surface area contributed by atoms with E-state index in [2.05, 4.69) is 6.92 Å². The highest BCUT2D eigenvalue weighted by molar-refractivity contribution is 5.97. The molecule has 1 heterocycles. The predicted octanol–water partition coefficient (Wildman–Crippen LogP) is 1.42. The summed E-state index contributed by atoms with van der Waals surface area (Å²) in [5.74, 6) is 0.330. The SMILES string of the molecule is CC1CCCN(C(=O)c2ccccc2OCC(N)=O)C1. The number of para-hydroxylation sites is 1. The molecule has 1 saturated heterocycles. The Labute approximate surface area is 118 Å². The number of benzene rings is 1. The highest BCUT2D eigenvalue weighted by Crippen LogP contribution is 2.23. The number of carbonyl (C=O) groups is 2. The number of carbonyl (C=O) groups excluding carboxylic acids is 2. The van der Waals surface area contributed by atoms with Gasteiger partial charge in [-0.15, -0.1) is 0 Å². The Morgan fingerprint density at radius 3 is 2.85 bits per heavy atom. The van der Waals surface area contributed by atoms with Crippen LogP contribution in [0, 0.1) is 5.92 Å². The second-order valence-electron chi connectivity index (χ2n) is 5.25. The van der Waals surface area contributed by atoms with Gasteiger partial charge in [-0.2, -0.15) is 0 Å². The molecule has 0 radical (unpaired) electrons. The van der Waals surface area contributed by atoms with Crippen LogP contribution < -0.4 is 10.5 Å². The molecule has 1 aromatic rings. The fourth-order valence-corrected chi connectivity index (χ4v) is 2.46. The van der Waals surface area contributed by atoms with Gasteiger partial charge in [0.05, 0.1) is 5.56 Å². The zero-order valence-electron chi connectivity index (χ0n) is 11.7. The first kappa shape index (κ1) is 14.4. The zero-order valence-corrected chi connectivity index (χ0v) is 11.7. The zero-order chi connectivity index (χ0) is 14.5. The molecule has 20 heavy (non-hydrogen) atoms. The number of rotatable bonds is 4. The summed E-state index contributed by atoms with van der Waals surface area (Å²) in [4.78, 5) is 25.2. The fourth-order valence-electron chi connectivity index (χ4n) is 2.46. The number of piperidine rings is 1. The molecular weight excluding hydrogens is 256 g/mol. The molecule has 1 unspecified atom stereocenters. The van der Waals surface area contributed by atoms with E-state index in [1.165, 1.54) is 0 Å². The summed E-state index contributed by atoms with van der Waals surface area (Å²) >= 11 is 0. The highest BCUT2D eigenvalue weighted by atomic mass is 16.5. The maximum atomic E-state index is 12.5. The van der Waals surface area contributed by atoms with Gasteiger partial charge in [-0.1, -0.05) is 19.1 Å². The van der Waals surface area contributed by atoms with Crippen LogP contribution in [0.15, 0.2) is 24.3 Å². The molecule has 1 aromatic carbocycles. The molecule has 1 aliphatic heterocycles. The molecule has 108 valence electrons. The third-order valence-corrected chi connectivity index (χ3v) is 3.43. The van der Waals surface area contributed by atoms with Gasteiger partial charge in [0.25, 0.3) is 11.8 Å². The van der Waals surface area contributed by atoms with E-state index in [1.807, 2.05) is 4.90 Å². The first-order valence-electron chi connectivity index (χ1n) is 6.87. The normalized spacial score (nSPS) is 18.6. The lowest BCUT2D eigenvalue weighted by Gasteiger charge is -2.31. The fraction of sp³-hybridized carbons (Fsp3) is 0.467. The van der Waals surface area contributed by atoms with Crippen molar-refractivity contribution in [3.05, 3.63) is 29.8 Å². The van der Waals surface area contributed by atoms with Gasteiger partial charge in [0.2, 0.25) is 0 Å². The minimum absolute atomic E-state index is 0.0448. The smallest absolute Gasteiger partial charge is 0.257 e. The largest absolute Gasteiger partial charge is 0.483 e. The van der Waals surface area contributed by atoms with Crippen molar-refractivity contribution in [2.75, 3.05) is 19.7 Å². The van der Waals surface area contributed by atoms with E-state index in [0.717, 1.165) is 25.9 Å². The van der Waals surface area contributed by atoms with E-state index < -0.39 is 5.91 Å². The van der Waals surface area contributed by atoms with Crippen LogP contribution in [0.4, 0.5) is 0 Å². The predicted molar refractivity (Wildman–Crippen MR) is 75.4 cm³/mol. The van der Waals surface area contributed by atoms with E-state index in [0.29, 0.717) is 17.2 Å². The van der Waals surface area contributed by atoms with Crippen LogP contribution in [-0.2, 0) is 4.79 Å². The number of nitrogens with zero attached hydrogens (tertiary/aromatic N) is 1. The quantitative estimate of drug-likeness (QED) is 0.904. The van der Waals surface area contributed by atoms with Gasteiger partial charge in [-0.25, -0.2) is 0 Å². The van der Waals surface area contributed by atoms with Gasteiger partial charge in [-0.05, 0) is 30.9 Å². The summed E-state index contributed by atoms with van der Waals surface area (Å²) < 4.78 is 5.32. The molecule has 1 aliphatic rings. The van der Waals surface area contributed by atoms with Crippen LogP contribution >= 0.6 is 0 Å². The first-order chi connectivity index (χ1) is 9.58. The van der Waals surface area contributed by atoms with Crippen molar-refractivity contribution in [1.82, 2.24) is 4.90 Å². The van der Waals surface area contributed by atoms with Crippen LogP contribution in [0.2, 0.25) is 0 Å². The summed E-state index contributed by atoms with van der Waals surface area (Å²) in [7, 11) is 0. The molecule has 1 atom stereocenters. The van der Waals surface area contributed by atoms with Crippen LogP contribution in [-0.4, -0.2) is 36.4 Å². The van der Waals surface area contributed by atoms with Crippen LogP contribution in [0.1, 0.15) is 30.1 Å². The second-order valence-corrected chi connectivity index (χ2v) is 5.25. The maximum Gasteiger partial charge on any atom is 0.257 e. The van der Waals surface area contributed by atoms with Crippen molar-refractivity contribution < 1.29 is 14.3 Å². The third-order valence-electron chi connectivity index (χ3n) is 3.43. The topological polar surface area (TPSA) is 72.6 Å². The number of amides is 2. The first-order valence-corrected chi connectivity index (χ1v) is 6.87. The molecule has 5 heteroatoms. The van der Waals surface area contributed by atoms with E-state index in [-0.39, 0.29) is 12.5 Å². The van der Waals surface area contributed by atoms with Gasteiger partial charge in [0.15, 0.2) is 6.61 Å². The summed E-state index contributed by atoms with van der Waals surface area (Å²) in [6.07, 6.45) is 2.18. The molecule has 0 aromatic heterocycles. The van der Waals surface area contributed by atoms with Crippen molar-refractivity contribution in [1.29, 1.82) is 0 Å². The summed E-state index contributed by atoms with van der Waals surface area (Å²) in [5.41, 5.74) is 5.56. The van der Waals surface area contributed by atoms with E-state index in [9.17, 15) is 9.59 Å². The average Bonchev–Trinajstić information content (AvgIpc) is 2.44. The lowest BCUT2D eigenvalue weighted by molar-refractivity contribution is -0.119. The lowest BCUT2D eigenvalue weighted by Crippen LogP contribution is -2.39. The van der Waals surface area contributed by atoms with E-state index in [4.69, 9.17) is 10.5 Å². The van der Waals surface area contributed by atoms with Crippen molar-refractivity contribution in [3.8, 4) is 5.75 Å². The number of hydrogen-bond donors (Lipinski definition) is 1. The van der Waals surface area contributed by atoms with Crippen molar-refractivity contribution in [2.24, 2.45) is 11.7 Å². The minimum atomic E-state index is -0.557. The molecule has 2 N–H and O–H groups in total. The molecule has 0 saturated carbocycles. The number of primary amides is 1. The van der Waals surface area contributed by atoms with Crippen LogP contribution in [0.5, 0.6) is 5.75 Å². The van der Waals surface area contributed by atoms with Crippen molar-refractivity contribution in [3.63, 3.8) is 0 Å². The number of nitrogens with two attached hydrogens (primary N) is 1. The Bertz CT molecular complexity index is 502. The number of ether oxygens (including phenoxy) is 1. The highest BCUT2D eigenvalue weighted by Gasteiger charge is 2.24. The number of likely N-dealkylation sites (tertiary alicyclic amines) is 1. The Hall–Kier alpha value is -2.04. The Morgan fingerprint density at radius 1 is 1.40 bits per heavy atom. The molecule has 2 amide bonds. The van der Waals surface area contributed by atoms with E-state index in [1.54, 1.807) is 24.3 Å². The number of hydrogen-bond acceptors (Lipinski definition) is 3. The van der Waals surface area contributed by atoms with Gasteiger partial charge in [0.1, 0.15) is 5.75 Å². The molecule has 0 spiro atoms. The van der Waals surface area contributed by atoms with Gasteiger partial charge in [-0.3, -0.25) is 9.59 Å². The maximum absolute atomic E-state index is 12.5. The standard InChI is InChI=1S/C15H20N2O3/c1-11-5-4-8-17(9-11)15(19)12-6-2-3-7-13(12)20-10-14(16)18/h2-3,6-7,11H,4-5,8-10H2,1H3,(H2,16,18). The van der Waals surface area contributed by atoms with Crippen molar-refractivity contribution >= 4 is 11.8 Å². The Morgan fingerprint density at radius 2 is 2.15 bits per heavy atom. The van der Waals surface area contributed by atoms with Crippen molar-refractivity contribution in [2.45, 2.75) is 19.8 Å². The Kier molecular flexibility index (Phi) is 4.61. The molecule has 1 fully saturated rings. The van der Waals surface area contributed by atoms with Crippen LogP contribution in [0.3, 0.4) is 0 Å². The lowest BCUT2D eigenvalue weighted by atomic mass is 9.99. The summed E-state index contributed by atoms with van der Waals surface area (Å²) in [6.45, 7) is 3.46. The molecule has 0 aliphatic carbocycles. The minimum Gasteiger partial charge on any atom is -0.483 e. The molecule has 2 rings (SSSR count). The second kappa shape index (κ2) is 6.41. The molecular formula is C15H20N2O3. The summed E-state index contributed by atoms with van der Waals surface area (Å²) in [5, 5.41) is 0. The third kappa shape index (κ3) is 3.50. The molecule has 0 bridgehead atoms. The average molecular weight is 276 g/mol. The molecule has 5 nitrogen and oxygen atoms in total. The van der Waals surface area contributed by atoms with Gasteiger partial charge >= 0.3 is 0 Å². The van der Waals surface area contributed by atoms with Crippen LogP contribution in [0.25, 0.3) is 0 Å². The Balaban J connectivity index is 2.14. The van der Waals surface area contributed by atoms with E-state index >= 15 is 0 Å².